The minimum Gasteiger partial charge on any atom is -0.143 e. The van der Waals surface area contributed by atoms with Crippen LogP contribution in [0.1, 0.15) is 30.4 Å². The molecular weight excluding hydrogens is 164 g/mol. The highest BCUT2D eigenvalue weighted by atomic mass is 32.1. The fourth-order valence-electron chi connectivity index (χ4n) is 2.50. The van der Waals surface area contributed by atoms with Crippen molar-refractivity contribution in [3.8, 4) is 0 Å². The fourth-order valence-corrected chi connectivity index (χ4v) is 2.82. The number of rotatable bonds is 0. The van der Waals surface area contributed by atoms with Gasteiger partial charge in [0, 0.05) is 4.90 Å². The Labute approximate surface area is 78.4 Å². The molecule has 2 aliphatic rings. The first kappa shape index (κ1) is 7.02. The molecular formula is C11H12S. The van der Waals surface area contributed by atoms with E-state index in [1.165, 1.54) is 36.1 Å². The summed E-state index contributed by atoms with van der Waals surface area (Å²) < 4.78 is 0. The first-order valence-corrected chi connectivity index (χ1v) is 5.08. The highest BCUT2D eigenvalue weighted by Crippen LogP contribution is 2.57. The van der Waals surface area contributed by atoms with Crippen LogP contribution in [0.25, 0.3) is 0 Å². The van der Waals surface area contributed by atoms with Crippen molar-refractivity contribution < 1.29 is 0 Å². The van der Waals surface area contributed by atoms with Crippen molar-refractivity contribution in [2.45, 2.75) is 36.0 Å². The molecule has 0 bridgehead atoms. The normalized spacial score (nSPS) is 22.8. The van der Waals surface area contributed by atoms with Crippen LogP contribution in [-0.2, 0) is 11.8 Å². The van der Waals surface area contributed by atoms with Crippen LogP contribution in [-0.4, -0.2) is 0 Å². The average molecular weight is 176 g/mol. The minimum absolute atomic E-state index is 0.619. The SMILES string of the molecule is Sc1cccc2c1CCC21CC1. The maximum atomic E-state index is 4.49. The van der Waals surface area contributed by atoms with Gasteiger partial charge in [-0.3, -0.25) is 0 Å². The standard InChI is InChI=1S/C11H12S/c12-10-3-1-2-9-8(10)4-5-11(9)6-7-11/h1-3,12H,4-7H2. The molecule has 2 aliphatic carbocycles. The topological polar surface area (TPSA) is 0 Å². The minimum atomic E-state index is 0.619. The van der Waals surface area contributed by atoms with Gasteiger partial charge in [-0.05, 0) is 48.3 Å². The van der Waals surface area contributed by atoms with Gasteiger partial charge in [-0.25, -0.2) is 0 Å². The van der Waals surface area contributed by atoms with E-state index in [-0.39, 0.29) is 0 Å². The lowest BCUT2D eigenvalue weighted by molar-refractivity contribution is 0.681. The van der Waals surface area contributed by atoms with Crippen molar-refractivity contribution in [2.24, 2.45) is 0 Å². The molecule has 0 N–H and O–H groups in total. The van der Waals surface area contributed by atoms with Gasteiger partial charge in [0.05, 0.1) is 0 Å². The third-order valence-electron chi connectivity index (χ3n) is 3.43. The molecule has 0 aromatic heterocycles. The molecule has 1 aromatic carbocycles. The fraction of sp³-hybridized carbons (Fsp3) is 0.455. The lowest BCUT2D eigenvalue weighted by Gasteiger charge is -2.07. The molecule has 3 rings (SSSR count). The van der Waals surface area contributed by atoms with Crippen LogP contribution in [0.2, 0.25) is 0 Å². The molecule has 1 saturated carbocycles. The van der Waals surface area contributed by atoms with Gasteiger partial charge >= 0.3 is 0 Å². The van der Waals surface area contributed by atoms with Gasteiger partial charge in [0.15, 0.2) is 0 Å². The second-order valence-electron chi connectivity index (χ2n) is 4.08. The van der Waals surface area contributed by atoms with E-state index in [1.807, 2.05) is 0 Å². The van der Waals surface area contributed by atoms with Crippen LogP contribution in [0.3, 0.4) is 0 Å². The maximum Gasteiger partial charge on any atom is 0.00750 e. The zero-order valence-electron chi connectivity index (χ0n) is 7.01. The van der Waals surface area contributed by atoms with Gasteiger partial charge in [-0.1, -0.05) is 12.1 Å². The molecule has 0 amide bonds. The number of thiol groups is 1. The molecule has 0 unspecified atom stereocenters. The molecule has 1 heteroatoms. The Morgan fingerprint density at radius 3 is 2.75 bits per heavy atom. The van der Waals surface area contributed by atoms with E-state index in [1.54, 1.807) is 5.56 Å². The lowest BCUT2D eigenvalue weighted by Crippen LogP contribution is -1.98. The number of hydrogen-bond donors (Lipinski definition) is 1. The molecule has 0 nitrogen and oxygen atoms in total. The number of hydrogen-bond acceptors (Lipinski definition) is 1. The van der Waals surface area contributed by atoms with Gasteiger partial charge in [-0.15, -0.1) is 12.6 Å². The maximum absolute atomic E-state index is 4.49. The Bertz CT molecular complexity index is 337. The molecule has 0 radical (unpaired) electrons. The highest BCUT2D eigenvalue weighted by Gasteiger charge is 2.48. The van der Waals surface area contributed by atoms with E-state index in [4.69, 9.17) is 0 Å². The van der Waals surface area contributed by atoms with Gasteiger partial charge in [-0.2, -0.15) is 0 Å². The Kier molecular flexibility index (Phi) is 1.22. The molecule has 12 heavy (non-hydrogen) atoms. The monoisotopic (exact) mass is 176 g/mol. The molecule has 0 saturated heterocycles. The zero-order chi connectivity index (χ0) is 8.18. The van der Waals surface area contributed by atoms with Gasteiger partial charge in [0.1, 0.15) is 0 Å². The Morgan fingerprint density at radius 2 is 2.00 bits per heavy atom. The first-order valence-electron chi connectivity index (χ1n) is 4.63. The molecule has 0 heterocycles. The van der Waals surface area contributed by atoms with Crippen LogP contribution in [0, 0.1) is 0 Å². The molecule has 1 fully saturated rings. The lowest BCUT2D eigenvalue weighted by atomic mass is 9.99. The molecule has 62 valence electrons. The third kappa shape index (κ3) is 0.752. The highest BCUT2D eigenvalue weighted by molar-refractivity contribution is 7.80. The first-order chi connectivity index (χ1) is 5.82. The number of benzene rings is 1. The Balaban J connectivity index is 2.23. The summed E-state index contributed by atoms with van der Waals surface area (Å²) in [7, 11) is 0. The molecule has 1 aromatic rings. The van der Waals surface area contributed by atoms with E-state index in [9.17, 15) is 0 Å². The summed E-state index contributed by atoms with van der Waals surface area (Å²) in [6, 6.07) is 6.56. The summed E-state index contributed by atoms with van der Waals surface area (Å²) in [5.41, 5.74) is 3.75. The Hall–Kier alpha value is -0.430. The van der Waals surface area contributed by atoms with E-state index < -0.39 is 0 Å². The van der Waals surface area contributed by atoms with E-state index in [0.29, 0.717) is 5.41 Å². The second kappa shape index (κ2) is 2.08. The quantitative estimate of drug-likeness (QED) is 0.577. The average Bonchev–Trinajstić information content (AvgIpc) is 2.73. The second-order valence-corrected chi connectivity index (χ2v) is 4.57. The summed E-state index contributed by atoms with van der Waals surface area (Å²) >= 11 is 4.49. The smallest absolute Gasteiger partial charge is 0.00750 e. The molecule has 0 atom stereocenters. The van der Waals surface area contributed by atoms with Gasteiger partial charge in [0.2, 0.25) is 0 Å². The molecule has 0 aliphatic heterocycles. The Morgan fingerprint density at radius 1 is 1.17 bits per heavy atom. The third-order valence-corrected chi connectivity index (χ3v) is 3.85. The van der Waals surface area contributed by atoms with E-state index in [0.717, 1.165) is 0 Å². The summed E-state index contributed by atoms with van der Waals surface area (Å²) in [4.78, 5) is 1.20. The van der Waals surface area contributed by atoms with Gasteiger partial charge < -0.3 is 0 Å². The largest absolute Gasteiger partial charge is 0.143 e. The van der Waals surface area contributed by atoms with Gasteiger partial charge in [0.25, 0.3) is 0 Å². The predicted octanol–water partition coefficient (Wildman–Crippen LogP) is 2.95. The van der Waals surface area contributed by atoms with Crippen molar-refractivity contribution in [2.75, 3.05) is 0 Å². The predicted molar refractivity (Wildman–Crippen MR) is 52.9 cm³/mol. The van der Waals surface area contributed by atoms with Crippen LogP contribution in [0.5, 0.6) is 0 Å². The molecule has 1 spiro atoms. The van der Waals surface area contributed by atoms with Crippen LogP contribution < -0.4 is 0 Å². The van der Waals surface area contributed by atoms with E-state index in [2.05, 4.69) is 30.8 Å². The van der Waals surface area contributed by atoms with Crippen molar-refractivity contribution in [3.63, 3.8) is 0 Å². The summed E-state index contributed by atoms with van der Waals surface area (Å²) in [6.45, 7) is 0. The number of fused-ring (bicyclic) bond motifs is 2. The van der Waals surface area contributed by atoms with Crippen molar-refractivity contribution >= 4 is 12.6 Å². The van der Waals surface area contributed by atoms with Crippen LogP contribution in [0.4, 0.5) is 0 Å². The van der Waals surface area contributed by atoms with Crippen molar-refractivity contribution in [1.29, 1.82) is 0 Å². The van der Waals surface area contributed by atoms with Crippen LogP contribution >= 0.6 is 12.6 Å². The van der Waals surface area contributed by atoms with E-state index >= 15 is 0 Å². The van der Waals surface area contributed by atoms with Crippen molar-refractivity contribution in [1.82, 2.24) is 0 Å². The van der Waals surface area contributed by atoms with Crippen LogP contribution in [0.15, 0.2) is 23.1 Å². The summed E-state index contributed by atoms with van der Waals surface area (Å²) in [5, 5.41) is 0. The zero-order valence-corrected chi connectivity index (χ0v) is 7.90. The van der Waals surface area contributed by atoms with Crippen molar-refractivity contribution in [3.05, 3.63) is 29.3 Å². The summed E-state index contributed by atoms with van der Waals surface area (Å²) in [5.74, 6) is 0. The summed E-state index contributed by atoms with van der Waals surface area (Å²) in [6.07, 6.45) is 5.46.